The summed E-state index contributed by atoms with van der Waals surface area (Å²) in [6.45, 7) is 3.66. The van der Waals surface area contributed by atoms with Crippen LogP contribution in [0.1, 0.15) is 43.6 Å². The Morgan fingerprint density at radius 2 is 1.97 bits per heavy atom. The Morgan fingerprint density at radius 1 is 1.20 bits per heavy atom. The number of methoxy groups -OCH3 is 1. The van der Waals surface area contributed by atoms with Crippen LogP contribution >= 0.6 is 0 Å². The standard InChI is InChI=1S/C24H28N4O2/c1-3-5-22-26-21-6-4-15-25-24(21)28(22)19-13-16-27(17-14-19)23(29)12-9-18-7-10-20(30-2)11-8-18/h4,6-12,15,19H,3,5,13-14,16-17H2,1-2H3. The molecule has 156 valence electrons. The predicted molar refractivity (Wildman–Crippen MR) is 118 cm³/mol. The van der Waals surface area contributed by atoms with Crippen molar-refractivity contribution in [2.45, 2.75) is 38.6 Å². The van der Waals surface area contributed by atoms with Crippen molar-refractivity contribution in [2.24, 2.45) is 0 Å². The lowest BCUT2D eigenvalue weighted by Gasteiger charge is -2.33. The van der Waals surface area contributed by atoms with Crippen LogP contribution in [-0.2, 0) is 11.2 Å². The molecule has 1 amide bonds. The normalized spacial score (nSPS) is 15.2. The second-order valence-electron chi connectivity index (χ2n) is 7.66. The topological polar surface area (TPSA) is 60.2 Å². The van der Waals surface area contributed by atoms with E-state index in [0.29, 0.717) is 6.04 Å². The van der Waals surface area contributed by atoms with Gasteiger partial charge in [-0.3, -0.25) is 4.79 Å². The molecule has 0 spiro atoms. The molecule has 0 atom stereocenters. The molecule has 3 aromatic rings. The Bertz CT molecular complexity index is 1030. The molecule has 0 N–H and O–H groups in total. The van der Waals surface area contributed by atoms with Crippen LogP contribution in [0, 0.1) is 0 Å². The van der Waals surface area contributed by atoms with Crippen molar-refractivity contribution in [3.05, 3.63) is 60.1 Å². The highest BCUT2D eigenvalue weighted by Crippen LogP contribution is 2.28. The van der Waals surface area contributed by atoms with Crippen molar-refractivity contribution in [3.8, 4) is 5.75 Å². The van der Waals surface area contributed by atoms with Crippen LogP contribution in [0.15, 0.2) is 48.7 Å². The third-order valence-corrected chi connectivity index (χ3v) is 5.67. The Kier molecular flexibility index (Phi) is 6.12. The Labute approximate surface area is 177 Å². The van der Waals surface area contributed by atoms with E-state index >= 15 is 0 Å². The second kappa shape index (κ2) is 9.11. The van der Waals surface area contributed by atoms with Crippen molar-refractivity contribution in [1.82, 2.24) is 19.4 Å². The van der Waals surface area contributed by atoms with E-state index in [0.717, 1.165) is 67.1 Å². The number of aryl methyl sites for hydroxylation is 1. The molecule has 4 rings (SSSR count). The van der Waals surface area contributed by atoms with E-state index in [2.05, 4.69) is 16.5 Å². The first-order valence-corrected chi connectivity index (χ1v) is 10.6. The zero-order valence-electron chi connectivity index (χ0n) is 17.6. The zero-order valence-corrected chi connectivity index (χ0v) is 17.6. The van der Waals surface area contributed by atoms with E-state index in [9.17, 15) is 4.79 Å². The summed E-state index contributed by atoms with van der Waals surface area (Å²) in [7, 11) is 1.64. The van der Waals surface area contributed by atoms with Gasteiger partial charge in [0, 0.05) is 37.8 Å². The first-order chi connectivity index (χ1) is 14.7. The quantitative estimate of drug-likeness (QED) is 0.576. The molecule has 30 heavy (non-hydrogen) atoms. The molecule has 1 fully saturated rings. The molecule has 0 aliphatic carbocycles. The molecular formula is C24H28N4O2. The molecule has 1 aliphatic heterocycles. The molecular weight excluding hydrogens is 376 g/mol. The maximum absolute atomic E-state index is 12.7. The summed E-state index contributed by atoms with van der Waals surface area (Å²) < 4.78 is 7.48. The number of hydrogen-bond acceptors (Lipinski definition) is 4. The van der Waals surface area contributed by atoms with Crippen LogP contribution in [0.2, 0.25) is 0 Å². The van der Waals surface area contributed by atoms with Crippen LogP contribution in [0.5, 0.6) is 5.75 Å². The van der Waals surface area contributed by atoms with Crippen molar-refractivity contribution >= 4 is 23.1 Å². The molecule has 0 unspecified atom stereocenters. The van der Waals surface area contributed by atoms with E-state index in [-0.39, 0.29) is 5.91 Å². The van der Waals surface area contributed by atoms with Crippen molar-refractivity contribution in [1.29, 1.82) is 0 Å². The van der Waals surface area contributed by atoms with Gasteiger partial charge in [0.25, 0.3) is 0 Å². The van der Waals surface area contributed by atoms with Gasteiger partial charge in [0.1, 0.15) is 17.1 Å². The molecule has 0 radical (unpaired) electrons. The smallest absolute Gasteiger partial charge is 0.246 e. The molecule has 6 heteroatoms. The van der Waals surface area contributed by atoms with Gasteiger partial charge in [-0.05, 0) is 55.2 Å². The van der Waals surface area contributed by atoms with E-state index in [1.54, 1.807) is 13.2 Å². The maximum Gasteiger partial charge on any atom is 0.246 e. The van der Waals surface area contributed by atoms with Crippen LogP contribution in [0.3, 0.4) is 0 Å². The number of carbonyl (C=O) groups is 1. The minimum Gasteiger partial charge on any atom is -0.497 e. The van der Waals surface area contributed by atoms with E-state index in [1.807, 2.05) is 53.6 Å². The fourth-order valence-corrected chi connectivity index (χ4v) is 4.09. The number of ether oxygens (including phenoxy) is 1. The lowest BCUT2D eigenvalue weighted by atomic mass is 10.0. The van der Waals surface area contributed by atoms with Gasteiger partial charge in [-0.1, -0.05) is 19.1 Å². The lowest BCUT2D eigenvalue weighted by Crippen LogP contribution is -2.38. The highest BCUT2D eigenvalue weighted by molar-refractivity contribution is 5.91. The molecule has 0 bridgehead atoms. The van der Waals surface area contributed by atoms with Gasteiger partial charge < -0.3 is 14.2 Å². The summed E-state index contributed by atoms with van der Waals surface area (Å²) in [5, 5.41) is 0. The molecule has 0 saturated carbocycles. The summed E-state index contributed by atoms with van der Waals surface area (Å²) in [4.78, 5) is 24.0. The predicted octanol–water partition coefficient (Wildman–Crippen LogP) is 4.27. The van der Waals surface area contributed by atoms with Crippen molar-refractivity contribution in [2.75, 3.05) is 20.2 Å². The SMILES string of the molecule is CCCc1nc2cccnc2n1C1CCN(C(=O)C=Cc2ccc(OC)cc2)CC1. The molecule has 2 aromatic heterocycles. The van der Waals surface area contributed by atoms with Gasteiger partial charge >= 0.3 is 0 Å². The number of pyridine rings is 1. The summed E-state index contributed by atoms with van der Waals surface area (Å²) in [6, 6.07) is 12.0. The number of hydrogen-bond donors (Lipinski definition) is 0. The third kappa shape index (κ3) is 4.22. The van der Waals surface area contributed by atoms with Gasteiger partial charge in [0.15, 0.2) is 5.65 Å². The number of amides is 1. The highest BCUT2D eigenvalue weighted by atomic mass is 16.5. The summed E-state index contributed by atoms with van der Waals surface area (Å²) in [5.74, 6) is 1.98. The number of nitrogens with zero attached hydrogens (tertiary/aromatic N) is 4. The van der Waals surface area contributed by atoms with E-state index in [1.165, 1.54) is 0 Å². The van der Waals surface area contributed by atoms with Gasteiger partial charge in [0.2, 0.25) is 5.91 Å². The Balaban J connectivity index is 1.42. The van der Waals surface area contributed by atoms with Crippen molar-refractivity contribution < 1.29 is 9.53 Å². The highest BCUT2D eigenvalue weighted by Gasteiger charge is 2.26. The summed E-state index contributed by atoms with van der Waals surface area (Å²) >= 11 is 0. The lowest BCUT2D eigenvalue weighted by molar-refractivity contribution is -0.127. The maximum atomic E-state index is 12.7. The number of benzene rings is 1. The van der Waals surface area contributed by atoms with Gasteiger partial charge in [-0.15, -0.1) is 0 Å². The minimum atomic E-state index is 0.0617. The fraction of sp³-hybridized carbons (Fsp3) is 0.375. The van der Waals surface area contributed by atoms with Gasteiger partial charge in [-0.25, -0.2) is 9.97 Å². The number of likely N-dealkylation sites (tertiary alicyclic amines) is 1. The summed E-state index contributed by atoms with van der Waals surface area (Å²) in [6.07, 6.45) is 9.19. The van der Waals surface area contributed by atoms with Crippen LogP contribution in [0.25, 0.3) is 17.2 Å². The van der Waals surface area contributed by atoms with Crippen LogP contribution in [0.4, 0.5) is 0 Å². The number of rotatable bonds is 6. The molecule has 1 aromatic carbocycles. The first-order valence-electron chi connectivity index (χ1n) is 10.6. The average Bonchev–Trinajstić information content (AvgIpc) is 3.16. The fourth-order valence-electron chi connectivity index (χ4n) is 4.09. The number of fused-ring (bicyclic) bond motifs is 1. The second-order valence-corrected chi connectivity index (χ2v) is 7.66. The van der Waals surface area contributed by atoms with Gasteiger partial charge in [0.05, 0.1) is 7.11 Å². The third-order valence-electron chi connectivity index (χ3n) is 5.67. The Hall–Kier alpha value is -3.15. The number of carbonyl (C=O) groups excluding carboxylic acids is 1. The molecule has 1 saturated heterocycles. The number of imidazole rings is 1. The molecule has 6 nitrogen and oxygen atoms in total. The first kappa shape index (κ1) is 20.1. The van der Waals surface area contributed by atoms with Crippen molar-refractivity contribution in [3.63, 3.8) is 0 Å². The van der Waals surface area contributed by atoms with Crippen LogP contribution in [-0.4, -0.2) is 45.5 Å². The molecule has 3 heterocycles. The van der Waals surface area contributed by atoms with E-state index in [4.69, 9.17) is 9.72 Å². The minimum absolute atomic E-state index is 0.0617. The largest absolute Gasteiger partial charge is 0.497 e. The Morgan fingerprint density at radius 3 is 2.67 bits per heavy atom. The monoisotopic (exact) mass is 404 g/mol. The van der Waals surface area contributed by atoms with Gasteiger partial charge in [-0.2, -0.15) is 0 Å². The molecule has 1 aliphatic rings. The van der Waals surface area contributed by atoms with Crippen LogP contribution < -0.4 is 4.74 Å². The summed E-state index contributed by atoms with van der Waals surface area (Å²) in [5.41, 5.74) is 2.91. The number of aromatic nitrogens is 3. The average molecular weight is 405 g/mol. The van der Waals surface area contributed by atoms with E-state index < -0.39 is 0 Å². The zero-order chi connectivity index (χ0) is 20.9. The number of piperidine rings is 1.